The molecule has 4 heteroatoms. The van der Waals surface area contributed by atoms with Gasteiger partial charge in [-0.25, -0.2) is 4.79 Å². The van der Waals surface area contributed by atoms with Crippen LogP contribution < -0.4 is 4.74 Å². The maximum absolute atomic E-state index is 11.4. The van der Waals surface area contributed by atoms with Gasteiger partial charge in [0.2, 0.25) is 6.08 Å². The molecular weight excluding hydrogens is 206 g/mol. The van der Waals surface area contributed by atoms with E-state index in [0.717, 1.165) is 0 Å². The highest BCUT2D eigenvalue weighted by Gasteiger charge is 2.22. The normalized spacial score (nSPS) is 14.0. The largest absolute Gasteiger partial charge is 0.492 e. The number of rotatable bonds is 4. The zero-order chi connectivity index (χ0) is 11.4. The fraction of sp³-hybridized carbons (Fsp3) is 0.333. The second-order valence-corrected chi connectivity index (χ2v) is 3.76. The monoisotopic (exact) mass is 217 g/mol. The van der Waals surface area contributed by atoms with Gasteiger partial charge in [-0.2, -0.15) is 0 Å². The van der Waals surface area contributed by atoms with Gasteiger partial charge >= 0.3 is 0 Å². The molecule has 0 spiro atoms. The molecule has 0 radical (unpaired) electrons. The number of carbonyl (C=O) groups excluding carboxylic acids is 2. The van der Waals surface area contributed by atoms with Crippen LogP contribution in [0.15, 0.2) is 29.3 Å². The Morgan fingerprint density at radius 1 is 1.44 bits per heavy atom. The van der Waals surface area contributed by atoms with Crippen molar-refractivity contribution in [3.63, 3.8) is 0 Å². The summed E-state index contributed by atoms with van der Waals surface area (Å²) in [5.74, 6) is 0.484. The van der Waals surface area contributed by atoms with Crippen molar-refractivity contribution in [2.75, 3.05) is 6.61 Å². The molecule has 0 bridgehead atoms. The summed E-state index contributed by atoms with van der Waals surface area (Å²) in [7, 11) is 0. The lowest BCUT2D eigenvalue weighted by atomic mass is 10.2. The molecule has 1 fully saturated rings. The number of amides is 1. The lowest BCUT2D eigenvalue weighted by molar-refractivity contribution is 0.0998. The average Bonchev–Trinajstić information content (AvgIpc) is 3.11. The van der Waals surface area contributed by atoms with Crippen LogP contribution in [0, 0.1) is 5.92 Å². The van der Waals surface area contributed by atoms with Crippen molar-refractivity contribution in [2.45, 2.75) is 12.8 Å². The molecule has 1 aromatic carbocycles. The standard InChI is InChI=1S/C12H11NO3/c14-8-13-12(15)10-3-1-2-4-11(10)16-7-9-5-6-9/h1-4,9H,5-7H2. The van der Waals surface area contributed by atoms with Crippen LogP contribution >= 0.6 is 0 Å². The summed E-state index contributed by atoms with van der Waals surface area (Å²) in [6.07, 6.45) is 3.61. The number of carbonyl (C=O) groups is 1. The molecule has 0 aromatic heterocycles. The molecule has 1 aromatic rings. The van der Waals surface area contributed by atoms with Gasteiger partial charge in [-0.1, -0.05) is 12.1 Å². The summed E-state index contributed by atoms with van der Waals surface area (Å²) < 4.78 is 5.52. The lowest BCUT2D eigenvalue weighted by Gasteiger charge is -2.07. The molecule has 1 aliphatic rings. The quantitative estimate of drug-likeness (QED) is 0.572. The number of aliphatic imine (C=N–C) groups is 1. The van der Waals surface area contributed by atoms with Crippen LogP contribution in [-0.4, -0.2) is 18.6 Å². The van der Waals surface area contributed by atoms with Crippen LogP contribution in [0.1, 0.15) is 23.2 Å². The Kier molecular flexibility index (Phi) is 3.13. The number of isocyanates is 1. The Morgan fingerprint density at radius 2 is 2.19 bits per heavy atom. The molecule has 16 heavy (non-hydrogen) atoms. The Labute approximate surface area is 92.9 Å². The van der Waals surface area contributed by atoms with Crippen molar-refractivity contribution in [1.29, 1.82) is 0 Å². The fourth-order valence-electron chi connectivity index (χ4n) is 1.36. The van der Waals surface area contributed by atoms with Gasteiger partial charge in [0.1, 0.15) is 5.75 Å². The highest BCUT2D eigenvalue weighted by molar-refractivity contribution is 5.99. The fourth-order valence-corrected chi connectivity index (χ4v) is 1.36. The van der Waals surface area contributed by atoms with Crippen LogP contribution in [-0.2, 0) is 4.79 Å². The van der Waals surface area contributed by atoms with E-state index in [-0.39, 0.29) is 0 Å². The van der Waals surface area contributed by atoms with E-state index in [0.29, 0.717) is 23.8 Å². The minimum atomic E-state index is -0.610. The van der Waals surface area contributed by atoms with Gasteiger partial charge in [-0.15, -0.1) is 4.99 Å². The maximum Gasteiger partial charge on any atom is 0.291 e. The van der Waals surface area contributed by atoms with Crippen molar-refractivity contribution < 1.29 is 14.3 Å². The minimum absolute atomic E-state index is 0.312. The topological polar surface area (TPSA) is 55.7 Å². The zero-order valence-electron chi connectivity index (χ0n) is 8.68. The van der Waals surface area contributed by atoms with E-state index in [1.807, 2.05) is 0 Å². The molecule has 0 unspecified atom stereocenters. The van der Waals surface area contributed by atoms with Gasteiger partial charge in [-0.3, -0.25) is 4.79 Å². The molecule has 4 nitrogen and oxygen atoms in total. The Hall–Kier alpha value is -1.93. The van der Waals surface area contributed by atoms with E-state index < -0.39 is 5.91 Å². The number of nitrogens with zero attached hydrogens (tertiary/aromatic N) is 1. The third kappa shape index (κ3) is 2.55. The van der Waals surface area contributed by atoms with Gasteiger partial charge in [0, 0.05) is 0 Å². The summed E-state index contributed by atoms with van der Waals surface area (Å²) in [6.45, 7) is 0.620. The summed E-state index contributed by atoms with van der Waals surface area (Å²) in [4.78, 5) is 24.5. The van der Waals surface area contributed by atoms with Crippen molar-refractivity contribution in [3.05, 3.63) is 29.8 Å². The number of ether oxygens (including phenoxy) is 1. The smallest absolute Gasteiger partial charge is 0.291 e. The molecule has 0 N–H and O–H groups in total. The van der Waals surface area contributed by atoms with E-state index in [4.69, 9.17) is 4.74 Å². The first-order valence-electron chi connectivity index (χ1n) is 5.15. The number of hydrogen-bond acceptors (Lipinski definition) is 3. The Morgan fingerprint density at radius 3 is 2.88 bits per heavy atom. The summed E-state index contributed by atoms with van der Waals surface area (Å²) in [5.41, 5.74) is 0.312. The number of para-hydroxylation sites is 1. The predicted octanol–water partition coefficient (Wildman–Crippen LogP) is 1.95. The molecule has 0 aliphatic heterocycles. The van der Waals surface area contributed by atoms with E-state index in [9.17, 15) is 9.59 Å². The van der Waals surface area contributed by atoms with Gasteiger partial charge in [-0.05, 0) is 30.9 Å². The van der Waals surface area contributed by atoms with Gasteiger partial charge in [0.15, 0.2) is 0 Å². The molecule has 82 valence electrons. The molecule has 0 saturated heterocycles. The number of hydrogen-bond donors (Lipinski definition) is 0. The Bertz CT molecular complexity index is 445. The summed E-state index contributed by atoms with van der Waals surface area (Å²) >= 11 is 0. The number of benzene rings is 1. The average molecular weight is 217 g/mol. The van der Waals surface area contributed by atoms with Gasteiger partial charge in [0.05, 0.1) is 12.2 Å². The third-order valence-electron chi connectivity index (χ3n) is 2.44. The highest BCUT2D eigenvalue weighted by Crippen LogP contribution is 2.30. The lowest BCUT2D eigenvalue weighted by Crippen LogP contribution is -2.04. The first-order chi connectivity index (χ1) is 7.81. The predicted molar refractivity (Wildman–Crippen MR) is 57.1 cm³/mol. The second kappa shape index (κ2) is 4.73. The van der Waals surface area contributed by atoms with E-state index in [1.54, 1.807) is 24.3 Å². The SMILES string of the molecule is O=C=NC(=O)c1ccccc1OCC1CC1. The third-order valence-corrected chi connectivity index (χ3v) is 2.44. The van der Waals surface area contributed by atoms with Gasteiger partial charge < -0.3 is 4.74 Å². The maximum atomic E-state index is 11.4. The van der Waals surface area contributed by atoms with Crippen LogP contribution in [0.25, 0.3) is 0 Å². The molecule has 1 aliphatic carbocycles. The Balaban J connectivity index is 2.14. The van der Waals surface area contributed by atoms with E-state index >= 15 is 0 Å². The zero-order valence-corrected chi connectivity index (χ0v) is 8.68. The first kappa shape index (κ1) is 10.6. The second-order valence-electron chi connectivity index (χ2n) is 3.76. The van der Waals surface area contributed by atoms with E-state index in [2.05, 4.69) is 4.99 Å². The molecule has 0 heterocycles. The van der Waals surface area contributed by atoms with Crippen molar-refractivity contribution in [3.8, 4) is 5.75 Å². The van der Waals surface area contributed by atoms with Crippen LogP contribution in [0.5, 0.6) is 5.75 Å². The molecular formula is C12H11NO3. The van der Waals surface area contributed by atoms with Crippen molar-refractivity contribution >= 4 is 12.0 Å². The van der Waals surface area contributed by atoms with E-state index in [1.165, 1.54) is 18.9 Å². The molecule has 2 rings (SSSR count). The first-order valence-corrected chi connectivity index (χ1v) is 5.15. The van der Waals surface area contributed by atoms with Crippen molar-refractivity contribution in [2.24, 2.45) is 10.9 Å². The summed E-state index contributed by atoms with van der Waals surface area (Å²) in [6, 6.07) is 6.78. The molecule has 0 atom stereocenters. The minimum Gasteiger partial charge on any atom is -0.492 e. The van der Waals surface area contributed by atoms with Gasteiger partial charge in [0.25, 0.3) is 5.91 Å². The summed E-state index contributed by atoms with van der Waals surface area (Å²) in [5, 5.41) is 0. The highest BCUT2D eigenvalue weighted by atomic mass is 16.5. The van der Waals surface area contributed by atoms with Crippen LogP contribution in [0.3, 0.4) is 0 Å². The van der Waals surface area contributed by atoms with Crippen molar-refractivity contribution in [1.82, 2.24) is 0 Å². The molecule has 1 amide bonds. The molecule has 1 saturated carbocycles. The van der Waals surface area contributed by atoms with Crippen LogP contribution in [0.4, 0.5) is 0 Å². The van der Waals surface area contributed by atoms with Crippen LogP contribution in [0.2, 0.25) is 0 Å².